The molecule has 0 N–H and O–H groups in total. The zero-order chi connectivity index (χ0) is 3.41. The van der Waals surface area contributed by atoms with Crippen LogP contribution in [0, 0.1) is 0 Å². The van der Waals surface area contributed by atoms with Gasteiger partial charge in [-0.25, -0.2) is 0 Å². The Bertz CT molecular complexity index is 17.2. The van der Waals surface area contributed by atoms with Crippen LogP contribution in [0.15, 0.2) is 0 Å². The van der Waals surface area contributed by atoms with Gasteiger partial charge in [0.2, 0.25) is 0 Å². The quantitative estimate of drug-likeness (QED) is 0.432. The van der Waals surface area contributed by atoms with Crippen LogP contribution in [0.4, 0.5) is 0 Å². The van der Waals surface area contributed by atoms with Crippen LogP contribution in [0.25, 0.3) is 0 Å². The monoisotopic (exact) mass is 105 g/mol. The van der Waals surface area contributed by atoms with Gasteiger partial charge >= 0.3 is 33.8 Å². The molecule has 0 aromatic heterocycles. The third-order valence-corrected chi connectivity index (χ3v) is 0.508. The molecular formula is C3H6Cu. The van der Waals surface area contributed by atoms with Crippen molar-refractivity contribution in [1.82, 2.24) is 0 Å². The van der Waals surface area contributed by atoms with E-state index >= 15 is 0 Å². The molecule has 0 aromatic rings. The minimum absolute atomic E-state index is 1.00. The van der Waals surface area contributed by atoms with E-state index in [0.29, 0.717) is 0 Å². The Labute approximate surface area is 34.6 Å². The van der Waals surface area contributed by atoms with Crippen molar-refractivity contribution in [2.24, 2.45) is 0 Å². The van der Waals surface area contributed by atoms with Crippen LogP contribution < -0.4 is 0 Å². The average molecular weight is 106 g/mol. The van der Waals surface area contributed by atoms with Crippen LogP contribution in [-0.4, -0.2) is 4.92 Å². The number of rotatable bonds is 1. The zero-order valence-corrected chi connectivity index (χ0v) is 3.53. The molecule has 0 spiro atoms. The first-order chi connectivity index (χ1) is 1.91. The van der Waals surface area contributed by atoms with Crippen molar-refractivity contribution in [3.63, 3.8) is 0 Å². The summed E-state index contributed by atoms with van der Waals surface area (Å²) in [5, 5.41) is 0. The van der Waals surface area contributed by atoms with Gasteiger partial charge in [-0.15, -0.1) is 0 Å². The molecule has 0 saturated carbocycles. The normalized spacial score (nSPS) is 6.75. The molecule has 0 aliphatic heterocycles. The van der Waals surface area contributed by atoms with Crippen molar-refractivity contribution in [3.8, 4) is 0 Å². The summed E-state index contributed by atoms with van der Waals surface area (Å²) in [6.45, 7) is 2.02. The molecule has 29 valence electrons. The van der Waals surface area contributed by atoms with E-state index in [-0.39, 0.29) is 0 Å². The average Bonchev–Trinajstić information content (AvgIpc) is 1.37. The van der Waals surface area contributed by atoms with Gasteiger partial charge in [0.1, 0.15) is 0 Å². The standard InChI is InChI=1S/C3H6.Cu/c1-3-2;/h1H,3H2,2H3;. The Morgan fingerprint density at radius 2 is 2.25 bits per heavy atom. The topological polar surface area (TPSA) is 0 Å². The van der Waals surface area contributed by atoms with Crippen LogP contribution in [0.5, 0.6) is 0 Å². The first-order valence-corrected chi connectivity index (χ1v) is 1.83. The van der Waals surface area contributed by atoms with Crippen molar-refractivity contribution in [3.05, 3.63) is 0 Å². The first-order valence-electron chi connectivity index (χ1n) is 1.29. The fraction of sp³-hybridized carbons (Fsp3) is 0.667. The molecule has 0 rings (SSSR count). The van der Waals surface area contributed by atoms with Crippen molar-refractivity contribution < 1.29 is 15.6 Å². The fourth-order valence-electron chi connectivity index (χ4n) is 0. The van der Waals surface area contributed by atoms with E-state index in [1.54, 1.807) is 4.92 Å². The predicted octanol–water partition coefficient (Wildman–Crippen LogP) is 0.745. The second-order valence-electron chi connectivity index (χ2n) is 0.531. The predicted molar refractivity (Wildman–Crippen MR) is 16.4 cm³/mol. The number of hydrogen-bond acceptors (Lipinski definition) is 0. The molecule has 0 bridgehead atoms. The van der Waals surface area contributed by atoms with Gasteiger partial charge in [0.15, 0.2) is 0 Å². The summed E-state index contributed by atoms with van der Waals surface area (Å²) in [7, 11) is 0. The Morgan fingerprint density at radius 1 is 2.00 bits per heavy atom. The Kier molecular flexibility index (Phi) is 3.72. The van der Waals surface area contributed by atoms with Crippen LogP contribution >= 0.6 is 0 Å². The van der Waals surface area contributed by atoms with E-state index < -0.39 is 0 Å². The molecule has 4 heavy (non-hydrogen) atoms. The van der Waals surface area contributed by atoms with Crippen molar-refractivity contribution in [2.75, 3.05) is 0 Å². The summed E-state index contributed by atoms with van der Waals surface area (Å²) < 4.78 is 0. The number of hydrogen-bond donors (Lipinski definition) is 0. The molecule has 0 amide bonds. The Hall–Kier alpha value is 0.389. The van der Waals surface area contributed by atoms with Gasteiger partial charge in [-0.3, -0.25) is 0 Å². The summed E-state index contributed by atoms with van der Waals surface area (Å²) in [5.41, 5.74) is 0. The first kappa shape index (κ1) is 4.39. The van der Waals surface area contributed by atoms with E-state index in [0.717, 1.165) is 6.42 Å². The molecule has 0 aliphatic rings. The van der Waals surface area contributed by atoms with E-state index in [1.807, 2.05) is 6.92 Å². The molecular weight excluding hydrogens is 99.6 g/mol. The van der Waals surface area contributed by atoms with Crippen molar-refractivity contribution in [1.29, 1.82) is 0 Å². The molecule has 0 fully saturated rings. The molecule has 0 atom stereocenters. The van der Waals surface area contributed by atoms with Crippen LogP contribution in [-0.2, 0) is 15.6 Å². The second kappa shape index (κ2) is 3.39. The summed E-state index contributed by atoms with van der Waals surface area (Å²) >= 11 is 4.55. The fourth-order valence-corrected chi connectivity index (χ4v) is 0. The summed E-state index contributed by atoms with van der Waals surface area (Å²) in [5.74, 6) is 0. The summed E-state index contributed by atoms with van der Waals surface area (Å²) in [4.78, 5) is 1.69. The molecule has 0 nitrogen and oxygen atoms in total. The van der Waals surface area contributed by atoms with E-state index in [1.165, 1.54) is 0 Å². The molecule has 0 aliphatic carbocycles. The van der Waals surface area contributed by atoms with Crippen LogP contribution in [0.1, 0.15) is 13.3 Å². The van der Waals surface area contributed by atoms with Gasteiger partial charge in [-0.2, -0.15) is 0 Å². The van der Waals surface area contributed by atoms with Gasteiger partial charge in [-0.1, -0.05) is 0 Å². The molecule has 0 saturated heterocycles. The van der Waals surface area contributed by atoms with Crippen LogP contribution in [0.3, 0.4) is 0 Å². The zero-order valence-electron chi connectivity index (χ0n) is 2.59. The molecule has 1 heteroatoms. The molecule has 0 aromatic carbocycles. The Morgan fingerprint density at radius 3 is 2.25 bits per heavy atom. The third kappa shape index (κ3) is 2.39. The van der Waals surface area contributed by atoms with Gasteiger partial charge < -0.3 is 0 Å². The molecule has 0 heterocycles. The van der Waals surface area contributed by atoms with Crippen LogP contribution in [0.2, 0.25) is 0 Å². The minimum atomic E-state index is 1.00. The van der Waals surface area contributed by atoms with Crippen molar-refractivity contribution in [2.45, 2.75) is 13.3 Å². The molecule has 0 unspecified atom stereocenters. The van der Waals surface area contributed by atoms with Gasteiger partial charge in [0, 0.05) is 0 Å². The van der Waals surface area contributed by atoms with E-state index in [9.17, 15) is 0 Å². The van der Waals surface area contributed by atoms with Gasteiger partial charge in [0.05, 0.1) is 0 Å². The summed E-state index contributed by atoms with van der Waals surface area (Å²) in [6.07, 6.45) is 1.00. The molecule has 0 radical (unpaired) electrons. The third-order valence-electron chi connectivity index (χ3n) is 0.123. The van der Waals surface area contributed by atoms with E-state index in [4.69, 9.17) is 0 Å². The van der Waals surface area contributed by atoms with Gasteiger partial charge in [-0.05, 0) is 0 Å². The van der Waals surface area contributed by atoms with E-state index in [2.05, 4.69) is 15.6 Å². The SMILES string of the molecule is CC[CH]=[Cu]. The Balaban J connectivity index is 2.30. The van der Waals surface area contributed by atoms with Gasteiger partial charge in [0.25, 0.3) is 0 Å². The van der Waals surface area contributed by atoms with Crippen molar-refractivity contribution >= 4 is 4.92 Å². The summed E-state index contributed by atoms with van der Waals surface area (Å²) in [6, 6.07) is 0. The maximum absolute atomic E-state index is 4.55. The second-order valence-corrected chi connectivity index (χ2v) is 0.916. The maximum atomic E-state index is 4.55.